The zero-order valence-corrected chi connectivity index (χ0v) is 20.5. The summed E-state index contributed by atoms with van der Waals surface area (Å²) in [4.78, 5) is 13.6. The SMILES string of the molecule is C=Cc1cc(Nc2nccc(-c3cn(C)c4ccccc34)n2)c(OC)cc1N(C)CCN(C)C. The monoisotopic (exact) mass is 456 g/mol. The van der Waals surface area contributed by atoms with Crippen LogP contribution >= 0.6 is 0 Å². The summed E-state index contributed by atoms with van der Waals surface area (Å²) in [5.74, 6) is 1.23. The van der Waals surface area contributed by atoms with Crippen molar-refractivity contribution in [2.24, 2.45) is 7.05 Å². The van der Waals surface area contributed by atoms with Gasteiger partial charge in [0.25, 0.3) is 0 Å². The van der Waals surface area contributed by atoms with Gasteiger partial charge in [0.2, 0.25) is 5.95 Å². The minimum atomic E-state index is 0.507. The van der Waals surface area contributed by atoms with Crippen LogP contribution in [0.3, 0.4) is 0 Å². The molecule has 0 saturated heterocycles. The van der Waals surface area contributed by atoms with Gasteiger partial charge in [0, 0.05) is 67.8 Å². The van der Waals surface area contributed by atoms with Crippen molar-refractivity contribution in [3.63, 3.8) is 0 Å². The molecule has 0 amide bonds. The molecule has 0 aliphatic rings. The molecule has 0 bridgehead atoms. The summed E-state index contributed by atoms with van der Waals surface area (Å²) in [6.07, 6.45) is 5.74. The summed E-state index contributed by atoms with van der Waals surface area (Å²) < 4.78 is 7.83. The number of aromatic nitrogens is 3. The largest absolute Gasteiger partial charge is 0.494 e. The number of nitrogens with zero attached hydrogens (tertiary/aromatic N) is 5. The van der Waals surface area contributed by atoms with Crippen molar-refractivity contribution >= 4 is 34.3 Å². The van der Waals surface area contributed by atoms with E-state index in [4.69, 9.17) is 9.72 Å². The highest BCUT2D eigenvalue weighted by atomic mass is 16.5. The maximum absolute atomic E-state index is 5.72. The number of anilines is 3. The lowest BCUT2D eigenvalue weighted by atomic mass is 10.1. The predicted octanol–water partition coefficient (Wildman–Crippen LogP) is 5.03. The second-order valence-corrected chi connectivity index (χ2v) is 8.60. The van der Waals surface area contributed by atoms with Gasteiger partial charge in [-0.1, -0.05) is 30.9 Å². The number of nitrogens with one attached hydrogen (secondary N) is 1. The number of rotatable bonds is 9. The van der Waals surface area contributed by atoms with E-state index in [1.54, 1.807) is 13.3 Å². The number of methoxy groups -OCH3 is 1. The Morgan fingerprint density at radius 3 is 2.65 bits per heavy atom. The molecule has 4 rings (SSSR count). The van der Waals surface area contributed by atoms with E-state index in [1.807, 2.05) is 43.5 Å². The van der Waals surface area contributed by atoms with Gasteiger partial charge in [0.1, 0.15) is 5.75 Å². The fraction of sp³-hybridized carbons (Fsp3) is 0.259. The van der Waals surface area contributed by atoms with Crippen LogP contribution in [-0.2, 0) is 7.05 Å². The van der Waals surface area contributed by atoms with E-state index in [9.17, 15) is 0 Å². The van der Waals surface area contributed by atoms with E-state index in [0.717, 1.165) is 57.9 Å². The normalized spacial score (nSPS) is 11.1. The van der Waals surface area contributed by atoms with E-state index >= 15 is 0 Å². The quantitative estimate of drug-likeness (QED) is 0.381. The Labute approximate surface area is 201 Å². The van der Waals surface area contributed by atoms with E-state index in [2.05, 4.69) is 70.7 Å². The van der Waals surface area contributed by atoms with Crippen LogP contribution in [0.2, 0.25) is 0 Å². The number of ether oxygens (including phenoxy) is 1. The molecular formula is C27H32N6O. The van der Waals surface area contributed by atoms with Gasteiger partial charge < -0.3 is 24.4 Å². The highest BCUT2D eigenvalue weighted by molar-refractivity contribution is 5.95. The third-order valence-corrected chi connectivity index (χ3v) is 5.94. The van der Waals surface area contributed by atoms with Crippen LogP contribution in [0.15, 0.2) is 61.4 Å². The molecular weight excluding hydrogens is 424 g/mol. The lowest BCUT2D eigenvalue weighted by Crippen LogP contribution is -2.28. The molecule has 0 spiro atoms. The Bertz CT molecular complexity index is 1310. The van der Waals surface area contributed by atoms with Crippen LogP contribution < -0.4 is 15.0 Å². The van der Waals surface area contributed by atoms with Crippen molar-refractivity contribution in [3.05, 3.63) is 67.0 Å². The van der Waals surface area contributed by atoms with E-state index < -0.39 is 0 Å². The van der Waals surface area contributed by atoms with Gasteiger partial charge in [-0.25, -0.2) is 9.97 Å². The zero-order chi connectivity index (χ0) is 24.2. The average molecular weight is 457 g/mol. The van der Waals surface area contributed by atoms with Crippen LogP contribution in [0.5, 0.6) is 5.75 Å². The van der Waals surface area contributed by atoms with E-state index in [0.29, 0.717) is 5.95 Å². The number of hydrogen-bond donors (Lipinski definition) is 1. The summed E-state index contributed by atoms with van der Waals surface area (Å²) >= 11 is 0. The van der Waals surface area contributed by atoms with Gasteiger partial charge >= 0.3 is 0 Å². The highest BCUT2D eigenvalue weighted by Gasteiger charge is 2.15. The van der Waals surface area contributed by atoms with E-state index in [-0.39, 0.29) is 0 Å². The molecule has 2 heterocycles. The first-order chi connectivity index (χ1) is 16.4. The molecule has 1 N–H and O–H groups in total. The van der Waals surface area contributed by atoms with Crippen LogP contribution in [-0.4, -0.2) is 60.8 Å². The van der Waals surface area contributed by atoms with Gasteiger partial charge in [0.05, 0.1) is 18.5 Å². The van der Waals surface area contributed by atoms with Gasteiger partial charge in [-0.05, 0) is 37.9 Å². The van der Waals surface area contributed by atoms with Gasteiger partial charge in [-0.2, -0.15) is 0 Å². The number of likely N-dealkylation sites (N-methyl/N-ethyl adjacent to an activating group) is 2. The molecule has 0 aliphatic carbocycles. The van der Waals surface area contributed by atoms with Gasteiger partial charge in [-0.15, -0.1) is 0 Å². The summed E-state index contributed by atoms with van der Waals surface area (Å²) in [6.45, 7) is 5.86. The Hall–Kier alpha value is -3.84. The molecule has 34 heavy (non-hydrogen) atoms. The third kappa shape index (κ3) is 4.75. The molecule has 7 heteroatoms. The van der Waals surface area contributed by atoms with Crippen LogP contribution in [0.25, 0.3) is 28.2 Å². The third-order valence-electron chi connectivity index (χ3n) is 5.94. The summed E-state index contributed by atoms with van der Waals surface area (Å²) in [5, 5.41) is 4.51. The number of aryl methyl sites for hydroxylation is 1. The fourth-order valence-electron chi connectivity index (χ4n) is 4.05. The van der Waals surface area contributed by atoms with Crippen LogP contribution in [0.1, 0.15) is 5.56 Å². The predicted molar refractivity (Wildman–Crippen MR) is 142 cm³/mol. The van der Waals surface area contributed by atoms with Crippen molar-refractivity contribution in [1.82, 2.24) is 19.4 Å². The van der Waals surface area contributed by atoms with Crippen LogP contribution in [0.4, 0.5) is 17.3 Å². The van der Waals surface area contributed by atoms with Crippen molar-refractivity contribution in [1.29, 1.82) is 0 Å². The smallest absolute Gasteiger partial charge is 0.227 e. The number of benzene rings is 2. The van der Waals surface area contributed by atoms with Gasteiger partial charge in [0.15, 0.2) is 0 Å². The molecule has 0 unspecified atom stereocenters. The lowest BCUT2D eigenvalue weighted by molar-refractivity contribution is 0.413. The van der Waals surface area contributed by atoms with Crippen molar-refractivity contribution < 1.29 is 4.74 Å². The first-order valence-electron chi connectivity index (χ1n) is 11.3. The number of hydrogen-bond acceptors (Lipinski definition) is 6. The molecule has 7 nitrogen and oxygen atoms in total. The first-order valence-corrected chi connectivity index (χ1v) is 11.3. The fourth-order valence-corrected chi connectivity index (χ4v) is 4.05. The van der Waals surface area contributed by atoms with Gasteiger partial charge in [-0.3, -0.25) is 0 Å². The Balaban J connectivity index is 1.67. The highest BCUT2D eigenvalue weighted by Crippen LogP contribution is 2.36. The van der Waals surface area contributed by atoms with Crippen LogP contribution in [0, 0.1) is 0 Å². The lowest BCUT2D eigenvalue weighted by Gasteiger charge is -2.25. The average Bonchev–Trinajstić information content (AvgIpc) is 3.19. The Morgan fingerprint density at radius 1 is 1.12 bits per heavy atom. The zero-order valence-electron chi connectivity index (χ0n) is 20.5. The Kier molecular flexibility index (Phi) is 6.84. The standard InChI is InChI=1S/C27H32N6O/c1-7-19-16-23(26(34-6)17-25(19)32(4)15-14-31(2)3)30-27-28-13-12-22(29-27)21-18-33(5)24-11-9-8-10-20(21)24/h7-13,16-18H,1,14-15H2,2-6H3,(H,28,29,30). The first kappa shape index (κ1) is 23.3. The molecule has 0 atom stereocenters. The second-order valence-electron chi connectivity index (χ2n) is 8.60. The van der Waals surface area contributed by atoms with Crippen molar-refractivity contribution in [2.75, 3.05) is 51.6 Å². The topological polar surface area (TPSA) is 58.5 Å². The van der Waals surface area contributed by atoms with E-state index in [1.165, 1.54) is 0 Å². The number of fused-ring (bicyclic) bond motifs is 1. The Morgan fingerprint density at radius 2 is 1.91 bits per heavy atom. The summed E-state index contributed by atoms with van der Waals surface area (Å²) in [6, 6.07) is 14.3. The molecule has 176 valence electrons. The molecule has 0 radical (unpaired) electrons. The minimum absolute atomic E-state index is 0.507. The minimum Gasteiger partial charge on any atom is -0.494 e. The maximum Gasteiger partial charge on any atom is 0.227 e. The molecule has 0 aliphatic heterocycles. The summed E-state index contributed by atoms with van der Waals surface area (Å²) in [5.41, 5.74) is 5.95. The molecule has 0 fully saturated rings. The second kappa shape index (κ2) is 9.97. The van der Waals surface area contributed by atoms with Crippen molar-refractivity contribution in [2.45, 2.75) is 0 Å². The maximum atomic E-state index is 5.72. The molecule has 2 aromatic carbocycles. The summed E-state index contributed by atoms with van der Waals surface area (Å²) in [7, 11) is 9.94. The van der Waals surface area contributed by atoms with Crippen molar-refractivity contribution in [3.8, 4) is 17.0 Å². The number of para-hydroxylation sites is 1. The molecule has 4 aromatic rings. The molecule has 0 saturated carbocycles. The molecule has 2 aromatic heterocycles.